The second kappa shape index (κ2) is 6.80. The summed E-state index contributed by atoms with van der Waals surface area (Å²) >= 11 is 0. The zero-order chi connectivity index (χ0) is 22.7. The molecule has 3 nitrogen and oxygen atoms in total. The van der Waals surface area contributed by atoms with Crippen molar-refractivity contribution >= 4 is 27.6 Å². The van der Waals surface area contributed by atoms with Crippen LogP contribution in [0.3, 0.4) is 0 Å². The average molecular weight is 373 g/mol. The number of nitrogens with zero attached hydrogens (tertiary/aromatic N) is 2. The van der Waals surface area contributed by atoms with Gasteiger partial charge < -0.3 is 4.42 Å². The highest BCUT2D eigenvalue weighted by molar-refractivity contribution is 6.12. The van der Waals surface area contributed by atoms with E-state index in [0.29, 0.717) is 22.4 Å². The number of pyridine rings is 1. The molecular formula is C25H25N2O+. The van der Waals surface area contributed by atoms with E-state index in [1.54, 1.807) is 16.7 Å². The van der Waals surface area contributed by atoms with Crippen molar-refractivity contribution in [3.8, 4) is 11.3 Å². The van der Waals surface area contributed by atoms with Gasteiger partial charge in [0.2, 0.25) is 5.69 Å². The fourth-order valence-electron chi connectivity index (χ4n) is 3.81. The normalized spacial score (nSPS) is 13.5. The van der Waals surface area contributed by atoms with Gasteiger partial charge in [-0.05, 0) is 48.9 Å². The Morgan fingerprint density at radius 3 is 2.71 bits per heavy atom. The van der Waals surface area contributed by atoms with Gasteiger partial charge in [0.15, 0.2) is 11.9 Å². The molecular weight excluding hydrogens is 344 g/mol. The smallest absolute Gasteiger partial charge is 0.216 e. The fraction of sp³-hybridized carbons (Fsp3) is 0.280. The molecule has 4 aromatic rings. The van der Waals surface area contributed by atoms with Gasteiger partial charge >= 0.3 is 0 Å². The van der Waals surface area contributed by atoms with Crippen molar-refractivity contribution in [2.45, 2.75) is 34.1 Å². The number of rotatable bonds is 3. The van der Waals surface area contributed by atoms with Crippen molar-refractivity contribution in [3.05, 3.63) is 70.7 Å². The quantitative estimate of drug-likeness (QED) is 0.299. The molecule has 140 valence electrons. The first-order valence-corrected chi connectivity index (χ1v) is 9.42. The van der Waals surface area contributed by atoms with E-state index in [-0.39, 0.29) is 12.1 Å². The summed E-state index contributed by atoms with van der Waals surface area (Å²) in [6.07, 6.45) is -1.33. The minimum absolute atomic E-state index is 0.231. The maximum atomic E-state index is 8.55. The number of fused-ring (bicyclic) bond motifs is 3. The molecule has 0 fully saturated rings. The molecule has 28 heavy (non-hydrogen) atoms. The van der Waals surface area contributed by atoms with Crippen LogP contribution in [0, 0.1) is 26.3 Å². The average Bonchev–Trinajstić information content (AvgIpc) is 3.09. The van der Waals surface area contributed by atoms with E-state index in [0.717, 1.165) is 33.2 Å². The van der Waals surface area contributed by atoms with E-state index in [9.17, 15) is 0 Å². The van der Waals surface area contributed by atoms with Gasteiger partial charge in [-0.15, -0.1) is 0 Å². The Hall–Kier alpha value is -3.12. The number of aryl methyl sites for hydroxylation is 2. The summed E-state index contributed by atoms with van der Waals surface area (Å²) in [7, 11) is 1.82. The zero-order valence-electron chi connectivity index (χ0n) is 19.8. The number of furan rings is 1. The van der Waals surface area contributed by atoms with Crippen LogP contribution in [0.2, 0.25) is 0 Å². The fourth-order valence-corrected chi connectivity index (χ4v) is 3.81. The largest absolute Gasteiger partial charge is 0.455 e. The Bertz CT molecular complexity index is 1390. The van der Waals surface area contributed by atoms with Crippen molar-refractivity contribution in [1.29, 1.82) is 0 Å². The Morgan fingerprint density at radius 1 is 1.21 bits per heavy atom. The van der Waals surface area contributed by atoms with Crippen LogP contribution < -0.4 is 4.57 Å². The molecule has 0 spiro atoms. The maximum Gasteiger partial charge on any atom is 0.216 e. The predicted octanol–water partition coefficient (Wildman–Crippen LogP) is 6.44. The third kappa shape index (κ3) is 2.86. The third-order valence-corrected chi connectivity index (χ3v) is 5.14. The van der Waals surface area contributed by atoms with Crippen molar-refractivity contribution in [3.63, 3.8) is 0 Å². The van der Waals surface area contributed by atoms with Crippen molar-refractivity contribution in [2.75, 3.05) is 0 Å². The van der Waals surface area contributed by atoms with Crippen LogP contribution >= 0.6 is 0 Å². The lowest BCUT2D eigenvalue weighted by molar-refractivity contribution is -0.660. The molecule has 0 saturated carbocycles. The first kappa shape index (κ1) is 14.9. The summed E-state index contributed by atoms with van der Waals surface area (Å²) in [5.74, 6) is -0.231. The molecule has 0 saturated heterocycles. The molecule has 0 N–H and O–H groups in total. The van der Waals surface area contributed by atoms with E-state index in [1.807, 2.05) is 59.0 Å². The highest BCUT2D eigenvalue weighted by Gasteiger charge is 2.22. The van der Waals surface area contributed by atoms with E-state index >= 15 is 0 Å². The van der Waals surface area contributed by atoms with Crippen LogP contribution in [0.25, 0.3) is 38.0 Å². The Morgan fingerprint density at radius 2 is 2.00 bits per heavy atom. The van der Waals surface area contributed by atoms with Crippen LogP contribution in [0.15, 0.2) is 47.0 Å². The molecule has 0 radical (unpaired) electrons. The summed E-state index contributed by atoms with van der Waals surface area (Å²) < 4.78 is 33.6. The van der Waals surface area contributed by atoms with Gasteiger partial charge in [-0.3, -0.25) is 0 Å². The summed E-state index contributed by atoms with van der Waals surface area (Å²) in [6.45, 7) is 15.1. The van der Waals surface area contributed by atoms with Gasteiger partial charge in [0.05, 0.1) is 12.1 Å². The molecule has 2 aromatic heterocycles. The Labute approximate surface area is 170 Å². The molecule has 3 heteroatoms. The Balaban J connectivity index is 2.11. The number of hydrogen-bond acceptors (Lipinski definition) is 1. The SMILES string of the molecule is [2H]c1cc(C([2H])([2H])C(C)C)cc(-c2c(C)ccc3c2oc2ccc([N+]#[C-])c(C)c23)[n+]1C. The topological polar surface area (TPSA) is 21.4 Å². The molecule has 0 aliphatic carbocycles. The highest BCUT2D eigenvalue weighted by Crippen LogP contribution is 2.40. The van der Waals surface area contributed by atoms with E-state index < -0.39 is 6.37 Å². The van der Waals surface area contributed by atoms with Gasteiger partial charge in [0.1, 0.15) is 19.6 Å². The molecule has 0 aliphatic heterocycles. The molecule has 0 atom stereocenters. The second-order valence-corrected chi connectivity index (χ2v) is 7.55. The Kier molecular flexibility index (Phi) is 3.61. The lowest BCUT2D eigenvalue weighted by atomic mass is 9.96. The van der Waals surface area contributed by atoms with Gasteiger partial charge in [0.25, 0.3) is 0 Å². The first-order valence-electron chi connectivity index (χ1n) is 10.9. The summed E-state index contributed by atoms with van der Waals surface area (Å²) in [4.78, 5) is 3.62. The number of hydrogen-bond donors (Lipinski definition) is 0. The number of aromatic nitrogens is 1. The summed E-state index contributed by atoms with van der Waals surface area (Å²) in [5.41, 5.74) is 5.94. The van der Waals surface area contributed by atoms with Crippen LogP contribution in [0.1, 0.15) is 34.7 Å². The second-order valence-electron chi connectivity index (χ2n) is 7.55. The van der Waals surface area contributed by atoms with E-state index in [1.165, 1.54) is 0 Å². The van der Waals surface area contributed by atoms with E-state index in [4.69, 9.17) is 15.1 Å². The highest BCUT2D eigenvalue weighted by atomic mass is 16.3. The minimum Gasteiger partial charge on any atom is -0.455 e. The molecule has 0 bridgehead atoms. The third-order valence-electron chi connectivity index (χ3n) is 5.14. The molecule has 2 heterocycles. The van der Waals surface area contributed by atoms with Crippen LogP contribution in [-0.2, 0) is 13.4 Å². The molecule has 2 aromatic carbocycles. The van der Waals surface area contributed by atoms with Gasteiger partial charge in [0, 0.05) is 25.6 Å². The minimum atomic E-state index is -1.56. The zero-order valence-corrected chi connectivity index (χ0v) is 16.8. The lowest BCUT2D eigenvalue weighted by Crippen LogP contribution is -2.31. The van der Waals surface area contributed by atoms with Crippen molar-refractivity contribution in [1.82, 2.24) is 0 Å². The predicted molar refractivity (Wildman–Crippen MR) is 115 cm³/mol. The summed E-state index contributed by atoms with van der Waals surface area (Å²) in [6, 6.07) is 11.1. The van der Waals surface area contributed by atoms with Gasteiger partial charge in [-0.2, -0.15) is 0 Å². The number of benzene rings is 2. The molecule has 0 amide bonds. The molecule has 4 rings (SSSR count). The monoisotopic (exact) mass is 372 g/mol. The van der Waals surface area contributed by atoms with E-state index in [2.05, 4.69) is 4.85 Å². The van der Waals surface area contributed by atoms with Crippen molar-refractivity contribution in [2.24, 2.45) is 13.0 Å². The first-order chi connectivity index (χ1) is 14.6. The van der Waals surface area contributed by atoms with Crippen molar-refractivity contribution < 1.29 is 13.1 Å². The van der Waals surface area contributed by atoms with Crippen LogP contribution in [-0.4, -0.2) is 0 Å². The lowest BCUT2D eigenvalue weighted by Gasteiger charge is -2.09. The maximum absolute atomic E-state index is 8.55. The molecule has 0 aliphatic rings. The summed E-state index contributed by atoms with van der Waals surface area (Å²) in [5, 5.41) is 1.84. The van der Waals surface area contributed by atoms with Crippen LogP contribution in [0.4, 0.5) is 5.69 Å². The van der Waals surface area contributed by atoms with Gasteiger partial charge in [-0.25, -0.2) is 9.41 Å². The molecule has 0 unspecified atom stereocenters. The standard InChI is InChI=1S/C25H25N2O/c1-15(2)13-18-11-12-27(6)21(14-18)23-16(3)7-8-19-24-17(4)20(26-5)9-10-22(24)28-25(19)23/h7-12,14-15H,13H2,1-4,6H3/q+1/i12D,13D2. The van der Waals surface area contributed by atoms with Gasteiger partial charge in [-0.1, -0.05) is 32.0 Å². The van der Waals surface area contributed by atoms with Crippen LogP contribution in [0.5, 0.6) is 0 Å².